The van der Waals surface area contributed by atoms with Gasteiger partial charge in [0.05, 0.1) is 5.39 Å². The van der Waals surface area contributed by atoms with Gasteiger partial charge in [-0.1, -0.05) is 26.0 Å². The van der Waals surface area contributed by atoms with Gasteiger partial charge in [0.2, 0.25) is 0 Å². The van der Waals surface area contributed by atoms with Crippen molar-refractivity contribution in [2.75, 3.05) is 0 Å². The van der Waals surface area contributed by atoms with Crippen molar-refractivity contribution < 1.29 is 0 Å². The second-order valence-corrected chi connectivity index (χ2v) is 7.09. The minimum absolute atomic E-state index is 0.0470. The van der Waals surface area contributed by atoms with Gasteiger partial charge in [0.25, 0.3) is 5.56 Å². The van der Waals surface area contributed by atoms with E-state index in [1.54, 1.807) is 11.3 Å². The van der Waals surface area contributed by atoms with E-state index in [0.717, 1.165) is 23.1 Å². The van der Waals surface area contributed by atoms with Crippen LogP contribution in [0.15, 0.2) is 4.79 Å². The van der Waals surface area contributed by atoms with Crippen LogP contribution < -0.4 is 5.56 Å². The fraction of sp³-hybridized carbons (Fsp3) is 0.643. The van der Waals surface area contributed by atoms with Gasteiger partial charge < -0.3 is 0 Å². The summed E-state index contributed by atoms with van der Waals surface area (Å²) in [7, 11) is 0. The maximum absolute atomic E-state index is 12.5. The lowest BCUT2D eigenvalue weighted by Gasteiger charge is -2.17. The molecule has 19 heavy (non-hydrogen) atoms. The molecule has 0 aliphatic heterocycles. The molecular weight excluding hydrogens is 258 g/mol. The summed E-state index contributed by atoms with van der Waals surface area (Å²) in [4.78, 5) is 14.7. The third-order valence-corrected chi connectivity index (χ3v) is 4.86. The van der Waals surface area contributed by atoms with Gasteiger partial charge in [-0.15, -0.1) is 16.4 Å². The van der Waals surface area contributed by atoms with Crippen LogP contribution in [0.5, 0.6) is 0 Å². The minimum atomic E-state index is 0.0470. The predicted octanol–water partition coefficient (Wildman–Crippen LogP) is 2.63. The second-order valence-electron chi connectivity index (χ2n) is 6.00. The monoisotopic (exact) mass is 277 g/mol. The Morgan fingerprint density at radius 3 is 3.00 bits per heavy atom. The minimum Gasteiger partial charge on any atom is -0.267 e. The Morgan fingerprint density at radius 2 is 2.26 bits per heavy atom. The first-order valence-corrected chi connectivity index (χ1v) is 7.76. The average molecular weight is 277 g/mol. The van der Waals surface area contributed by atoms with Crippen molar-refractivity contribution in [3.05, 3.63) is 20.8 Å². The summed E-state index contributed by atoms with van der Waals surface area (Å²) in [5.41, 5.74) is 1.29. The number of hydrogen-bond acceptors (Lipinski definition) is 4. The van der Waals surface area contributed by atoms with Crippen LogP contribution in [0, 0.1) is 11.8 Å². The van der Waals surface area contributed by atoms with Crippen LogP contribution in [0.25, 0.3) is 10.2 Å². The zero-order valence-electron chi connectivity index (χ0n) is 11.6. The first kappa shape index (κ1) is 12.8. The number of aromatic nitrogens is 3. The zero-order chi connectivity index (χ0) is 13.6. The maximum atomic E-state index is 12.5. The molecule has 102 valence electrons. The SMILES string of the molecule is CC(C)Cn1nnc2sc3c(c2c1=O)CC[C@@H](C)C3. The molecule has 0 N–H and O–H groups in total. The number of aryl methyl sites for hydroxylation is 1. The molecule has 0 amide bonds. The molecule has 0 fully saturated rings. The van der Waals surface area contributed by atoms with Gasteiger partial charge in [0, 0.05) is 11.4 Å². The Hall–Kier alpha value is -1.23. The van der Waals surface area contributed by atoms with Gasteiger partial charge in [0.15, 0.2) is 4.83 Å². The van der Waals surface area contributed by atoms with E-state index in [9.17, 15) is 4.79 Å². The summed E-state index contributed by atoms with van der Waals surface area (Å²) in [5, 5.41) is 9.17. The van der Waals surface area contributed by atoms with E-state index in [-0.39, 0.29) is 5.56 Å². The molecule has 5 heteroatoms. The molecule has 0 saturated carbocycles. The average Bonchev–Trinajstić information content (AvgIpc) is 2.70. The Labute approximate surface area is 116 Å². The number of thiophene rings is 1. The van der Waals surface area contributed by atoms with Crippen LogP contribution in [0.1, 0.15) is 37.6 Å². The predicted molar refractivity (Wildman–Crippen MR) is 77.7 cm³/mol. The van der Waals surface area contributed by atoms with Crippen LogP contribution in [0.3, 0.4) is 0 Å². The van der Waals surface area contributed by atoms with Crippen LogP contribution in [-0.2, 0) is 19.4 Å². The first-order valence-electron chi connectivity index (χ1n) is 6.94. The van der Waals surface area contributed by atoms with Crippen molar-refractivity contribution in [3.63, 3.8) is 0 Å². The van der Waals surface area contributed by atoms with Crippen molar-refractivity contribution in [2.45, 2.75) is 46.6 Å². The lowest BCUT2D eigenvalue weighted by atomic mass is 9.89. The summed E-state index contributed by atoms with van der Waals surface area (Å²) < 4.78 is 1.53. The molecule has 0 spiro atoms. The van der Waals surface area contributed by atoms with E-state index in [2.05, 4.69) is 31.1 Å². The van der Waals surface area contributed by atoms with Crippen LogP contribution in [0.2, 0.25) is 0 Å². The van der Waals surface area contributed by atoms with Gasteiger partial charge in [-0.25, -0.2) is 4.68 Å². The highest BCUT2D eigenvalue weighted by atomic mass is 32.1. The fourth-order valence-corrected chi connectivity index (χ4v) is 4.08. The normalized spacial score (nSPS) is 19.1. The lowest BCUT2D eigenvalue weighted by molar-refractivity contribution is 0.449. The second kappa shape index (κ2) is 4.71. The van der Waals surface area contributed by atoms with Gasteiger partial charge in [0.1, 0.15) is 0 Å². The van der Waals surface area contributed by atoms with Gasteiger partial charge in [-0.2, -0.15) is 0 Å². The van der Waals surface area contributed by atoms with Crippen molar-refractivity contribution in [3.8, 4) is 0 Å². The Kier molecular flexibility index (Phi) is 3.17. The quantitative estimate of drug-likeness (QED) is 0.848. The summed E-state index contributed by atoms with van der Waals surface area (Å²) >= 11 is 1.66. The molecule has 0 saturated heterocycles. The molecule has 2 aromatic rings. The lowest BCUT2D eigenvalue weighted by Crippen LogP contribution is -2.26. The number of hydrogen-bond donors (Lipinski definition) is 0. The summed E-state index contributed by atoms with van der Waals surface area (Å²) in [5.74, 6) is 1.12. The van der Waals surface area contributed by atoms with Crippen molar-refractivity contribution in [1.82, 2.24) is 15.0 Å². The van der Waals surface area contributed by atoms with Crippen LogP contribution >= 0.6 is 11.3 Å². The Morgan fingerprint density at radius 1 is 1.47 bits per heavy atom. The third-order valence-electron chi connectivity index (χ3n) is 3.72. The van der Waals surface area contributed by atoms with Crippen LogP contribution in [0.4, 0.5) is 0 Å². The van der Waals surface area contributed by atoms with Gasteiger partial charge in [-0.3, -0.25) is 4.79 Å². The van der Waals surface area contributed by atoms with E-state index in [1.165, 1.54) is 21.5 Å². The van der Waals surface area contributed by atoms with Gasteiger partial charge >= 0.3 is 0 Å². The molecule has 2 aromatic heterocycles. The summed E-state index contributed by atoms with van der Waals surface area (Å²) in [6, 6.07) is 0. The van der Waals surface area contributed by atoms with Crippen molar-refractivity contribution in [1.29, 1.82) is 0 Å². The highest BCUT2D eigenvalue weighted by Crippen LogP contribution is 2.35. The molecule has 2 heterocycles. The highest BCUT2D eigenvalue weighted by Gasteiger charge is 2.23. The Bertz CT molecular complexity index is 671. The molecule has 0 aromatic carbocycles. The molecular formula is C14H19N3OS. The largest absolute Gasteiger partial charge is 0.278 e. The zero-order valence-corrected chi connectivity index (χ0v) is 12.5. The molecule has 3 rings (SSSR count). The molecule has 1 aliphatic carbocycles. The Balaban J connectivity index is 2.17. The topological polar surface area (TPSA) is 47.8 Å². The molecule has 1 atom stereocenters. The van der Waals surface area contributed by atoms with E-state index in [1.807, 2.05) is 0 Å². The third kappa shape index (κ3) is 2.20. The molecule has 1 aliphatic rings. The molecule has 0 radical (unpaired) electrons. The van der Waals surface area contributed by atoms with E-state index in [0.29, 0.717) is 18.4 Å². The van der Waals surface area contributed by atoms with Crippen LogP contribution in [-0.4, -0.2) is 15.0 Å². The standard InChI is InChI=1S/C14H19N3OS/c1-8(2)7-17-14(18)12-10-5-4-9(3)6-11(10)19-13(12)15-16-17/h8-9H,4-7H2,1-3H3/t9-/m1/s1. The number of nitrogens with zero attached hydrogens (tertiary/aromatic N) is 3. The molecule has 4 nitrogen and oxygen atoms in total. The summed E-state index contributed by atoms with van der Waals surface area (Å²) in [6.45, 7) is 7.09. The van der Waals surface area contributed by atoms with E-state index >= 15 is 0 Å². The van der Waals surface area contributed by atoms with E-state index in [4.69, 9.17) is 0 Å². The highest BCUT2D eigenvalue weighted by molar-refractivity contribution is 7.18. The number of rotatable bonds is 2. The smallest absolute Gasteiger partial charge is 0.267 e. The van der Waals surface area contributed by atoms with Crippen molar-refractivity contribution >= 4 is 21.6 Å². The fourth-order valence-electron chi connectivity index (χ4n) is 2.76. The van der Waals surface area contributed by atoms with Gasteiger partial charge in [-0.05, 0) is 36.7 Å². The molecule has 0 bridgehead atoms. The van der Waals surface area contributed by atoms with E-state index < -0.39 is 0 Å². The first-order chi connectivity index (χ1) is 9.06. The molecule has 0 unspecified atom stereocenters. The maximum Gasteiger partial charge on any atom is 0.278 e. The number of fused-ring (bicyclic) bond motifs is 3. The van der Waals surface area contributed by atoms with Crippen molar-refractivity contribution in [2.24, 2.45) is 11.8 Å². The summed E-state index contributed by atoms with van der Waals surface area (Å²) in [6.07, 6.45) is 3.27.